The molecule has 1 nitrogen and oxygen atoms in total. The minimum Gasteiger partial charge on any atom is -0.508 e. The normalized spacial score (nSPS) is 34.8. The molecule has 2 aliphatic rings. The maximum Gasteiger partial charge on any atom is 0.254 e. The molecule has 2 aliphatic carbocycles. The monoisotopic (exact) mass is 238 g/mol. The van der Waals surface area contributed by atoms with Crippen molar-refractivity contribution in [1.29, 1.82) is 0 Å². The summed E-state index contributed by atoms with van der Waals surface area (Å²) < 4.78 is 26.4. The van der Waals surface area contributed by atoms with Crippen molar-refractivity contribution >= 4 is 0 Å². The van der Waals surface area contributed by atoms with E-state index in [0.29, 0.717) is 18.8 Å². The molecular formula is C14H16F2O. The van der Waals surface area contributed by atoms with Gasteiger partial charge in [-0.3, -0.25) is 0 Å². The van der Waals surface area contributed by atoms with Crippen LogP contribution in [-0.4, -0.2) is 11.0 Å². The van der Waals surface area contributed by atoms with Gasteiger partial charge in [-0.15, -0.1) is 0 Å². The van der Waals surface area contributed by atoms with E-state index in [-0.39, 0.29) is 12.2 Å². The van der Waals surface area contributed by atoms with Crippen LogP contribution in [0.5, 0.6) is 5.75 Å². The van der Waals surface area contributed by atoms with Crippen molar-refractivity contribution in [3.63, 3.8) is 0 Å². The van der Waals surface area contributed by atoms with Crippen LogP contribution in [-0.2, 0) is 0 Å². The lowest BCUT2D eigenvalue weighted by molar-refractivity contribution is 0.0455. The molecule has 0 amide bonds. The molecule has 0 radical (unpaired) electrons. The zero-order chi connectivity index (χ0) is 12.1. The molecule has 1 aromatic rings. The molecule has 3 heteroatoms. The SMILES string of the molecule is Oc1ccc(C2CCC3(CC2)CC3(F)F)cc1. The Balaban J connectivity index is 1.68. The van der Waals surface area contributed by atoms with Crippen molar-refractivity contribution < 1.29 is 13.9 Å². The Morgan fingerprint density at radius 1 is 1.06 bits per heavy atom. The molecule has 0 aromatic heterocycles. The van der Waals surface area contributed by atoms with Crippen molar-refractivity contribution in [2.24, 2.45) is 5.41 Å². The van der Waals surface area contributed by atoms with Crippen LogP contribution in [0, 0.1) is 5.41 Å². The maximum atomic E-state index is 13.2. The zero-order valence-corrected chi connectivity index (χ0v) is 9.63. The third kappa shape index (κ3) is 1.72. The summed E-state index contributed by atoms with van der Waals surface area (Å²) in [4.78, 5) is 0. The van der Waals surface area contributed by atoms with Crippen LogP contribution in [0.1, 0.15) is 43.6 Å². The lowest BCUT2D eigenvalue weighted by atomic mass is 9.76. The first kappa shape index (κ1) is 11.0. The average Bonchev–Trinajstić information content (AvgIpc) is 2.82. The van der Waals surface area contributed by atoms with Crippen LogP contribution < -0.4 is 0 Å². The molecule has 1 spiro atoms. The molecule has 2 fully saturated rings. The second kappa shape index (κ2) is 3.44. The van der Waals surface area contributed by atoms with Crippen molar-refractivity contribution in [3.8, 4) is 5.75 Å². The quantitative estimate of drug-likeness (QED) is 0.781. The van der Waals surface area contributed by atoms with Crippen LogP contribution in [0.4, 0.5) is 8.78 Å². The largest absolute Gasteiger partial charge is 0.508 e. The van der Waals surface area contributed by atoms with Gasteiger partial charge in [0.2, 0.25) is 0 Å². The summed E-state index contributed by atoms with van der Waals surface area (Å²) in [7, 11) is 0. The molecule has 2 saturated carbocycles. The lowest BCUT2D eigenvalue weighted by Gasteiger charge is -2.29. The molecule has 1 N–H and O–H groups in total. The number of benzene rings is 1. The van der Waals surface area contributed by atoms with E-state index in [1.54, 1.807) is 12.1 Å². The van der Waals surface area contributed by atoms with E-state index in [9.17, 15) is 13.9 Å². The number of rotatable bonds is 1. The molecular weight excluding hydrogens is 222 g/mol. The third-order valence-electron chi connectivity index (χ3n) is 4.52. The first-order chi connectivity index (χ1) is 8.02. The molecule has 92 valence electrons. The molecule has 0 saturated heterocycles. The molecule has 3 rings (SSSR count). The first-order valence-corrected chi connectivity index (χ1v) is 6.19. The number of phenolic OH excluding ortho intramolecular Hbond substituents is 1. The number of hydrogen-bond donors (Lipinski definition) is 1. The Bertz CT molecular complexity index is 416. The van der Waals surface area contributed by atoms with E-state index in [2.05, 4.69) is 0 Å². The molecule has 0 bridgehead atoms. The van der Waals surface area contributed by atoms with Gasteiger partial charge >= 0.3 is 0 Å². The van der Waals surface area contributed by atoms with Gasteiger partial charge in [0, 0.05) is 11.8 Å². The summed E-state index contributed by atoms with van der Waals surface area (Å²) >= 11 is 0. The summed E-state index contributed by atoms with van der Waals surface area (Å²) in [6.45, 7) is 0. The highest BCUT2D eigenvalue weighted by atomic mass is 19.3. The molecule has 0 atom stereocenters. The predicted octanol–water partition coefficient (Wildman–Crippen LogP) is 4.08. The Kier molecular flexibility index (Phi) is 2.22. The van der Waals surface area contributed by atoms with Crippen molar-refractivity contribution in [2.75, 3.05) is 0 Å². The minimum absolute atomic E-state index is 0.0995. The van der Waals surface area contributed by atoms with E-state index >= 15 is 0 Å². The summed E-state index contributed by atoms with van der Waals surface area (Å²) in [6, 6.07) is 7.16. The molecule has 0 aliphatic heterocycles. The Labute approximate surface area is 99.5 Å². The summed E-state index contributed by atoms with van der Waals surface area (Å²) in [6.07, 6.45) is 3.08. The number of hydrogen-bond acceptors (Lipinski definition) is 1. The fourth-order valence-corrected chi connectivity index (χ4v) is 3.17. The second-order valence-electron chi connectivity index (χ2n) is 5.53. The number of alkyl halides is 2. The number of phenols is 1. The Hall–Kier alpha value is -1.12. The average molecular weight is 238 g/mol. The van der Waals surface area contributed by atoms with Gasteiger partial charge in [-0.25, -0.2) is 8.78 Å². The smallest absolute Gasteiger partial charge is 0.254 e. The van der Waals surface area contributed by atoms with Gasteiger partial charge in [0.15, 0.2) is 0 Å². The fourth-order valence-electron chi connectivity index (χ4n) is 3.17. The van der Waals surface area contributed by atoms with Crippen LogP contribution in [0.15, 0.2) is 24.3 Å². The minimum atomic E-state index is -2.40. The predicted molar refractivity (Wildman–Crippen MR) is 61.3 cm³/mol. The highest BCUT2D eigenvalue weighted by Crippen LogP contribution is 2.68. The number of halogens is 2. The lowest BCUT2D eigenvalue weighted by Crippen LogP contribution is -2.19. The molecule has 17 heavy (non-hydrogen) atoms. The van der Waals surface area contributed by atoms with Gasteiger partial charge in [0.25, 0.3) is 5.92 Å². The van der Waals surface area contributed by atoms with Gasteiger partial charge in [-0.1, -0.05) is 12.1 Å². The van der Waals surface area contributed by atoms with E-state index in [4.69, 9.17) is 0 Å². The Morgan fingerprint density at radius 3 is 2.06 bits per heavy atom. The highest BCUT2D eigenvalue weighted by molar-refractivity contribution is 5.29. The number of aromatic hydroxyl groups is 1. The van der Waals surface area contributed by atoms with E-state index < -0.39 is 11.3 Å². The van der Waals surface area contributed by atoms with Gasteiger partial charge in [-0.2, -0.15) is 0 Å². The van der Waals surface area contributed by atoms with Crippen molar-refractivity contribution in [2.45, 2.75) is 43.9 Å². The van der Waals surface area contributed by atoms with E-state index in [1.165, 1.54) is 5.56 Å². The third-order valence-corrected chi connectivity index (χ3v) is 4.52. The van der Waals surface area contributed by atoms with Gasteiger partial charge in [-0.05, 0) is 49.3 Å². The standard InChI is InChI=1S/C14H16F2O/c15-14(16)9-13(14)7-5-11(6-8-13)10-1-3-12(17)4-2-10/h1-4,11,17H,5-9H2. The summed E-state index contributed by atoms with van der Waals surface area (Å²) in [5, 5.41) is 9.22. The highest BCUT2D eigenvalue weighted by Gasteiger charge is 2.70. The van der Waals surface area contributed by atoms with Gasteiger partial charge in [0.05, 0.1) is 0 Å². The molecule has 1 aromatic carbocycles. The fraction of sp³-hybridized carbons (Fsp3) is 0.571. The topological polar surface area (TPSA) is 20.2 Å². The summed E-state index contributed by atoms with van der Waals surface area (Å²) in [5.74, 6) is -1.75. The molecule has 0 heterocycles. The maximum absolute atomic E-state index is 13.2. The first-order valence-electron chi connectivity index (χ1n) is 6.19. The summed E-state index contributed by atoms with van der Waals surface area (Å²) in [5.41, 5.74) is 0.516. The van der Waals surface area contributed by atoms with E-state index in [1.807, 2.05) is 12.1 Å². The second-order valence-corrected chi connectivity index (χ2v) is 5.53. The van der Waals surface area contributed by atoms with Gasteiger partial charge in [0.1, 0.15) is 5.75 Å². The van der Waals surface area contributed by atoms with Crippen LogP contribution in [0.25, 0.3) is 0 Å². The Morgan fingerprint density at radius 2 is 1.59 bits per heavy atom. The van der Waals surface area contributed by atoms with Crippen molar-refractivity contribution in [1.82, 2.24) is 0 Å². The van der Waals surface area contributed by atoms with Gasteiger partial charge < -0.3 is 5.11 Å². The molecule has 0 unspecified atom stereocenters. The van der Waals surface area contributed by atoms with Crippen LogP contribution in [0.2, 0.25) is 0 Å². The van der Waals surface area contributed by atoms with Crippen LogP contribution >= 0.6 is 0 Å². The van der Waals surface area contributed by atoms with E-state index in [0.717, 1.165) is 12.8 Å². The van der Waals surface area contributed by atoms with Crippen LogP contribution in [0.3, 0.4) is 0 Å². The zero-order valence-electron chi connectivity index (χ0n) is 9.63. The van der Waals surface area contributed by atoms with Crippen molar-refractivity contribution in [3.05, 3.63) is 29.8 Å².